The standard InChI is InChI=1S/C10H22N/c1-4-10(2)9-11(3)7-5-6-8-11/h10H,4-9H2,1-3H3/q+1/t10-/m0/s1. The summed E-state index contributed by atoms with van der Waals surface area (Å²) < 4.78 is 1.34. The molecular formula is C10H22N+. The Hall–Kier alpha value is -0.0400. The fourth-order valence-electron chi connectivity index (χ4n) is 2.16. The van der Waals surface area contributed by atoms with Gasteiger partial charge in [-0.05, 0) is 6.42 Å². The summed E-state index contributed by atoms with van der Waals surface area (Å²) in [5.41, 5.74) is 0. The first kappa shape index (κ1) is 9.05. The summed E-state index contributed by atoms with van der Waals surface area (Å²) in [5.74, 6) is 0.915. The molecule has 1 fully saturated rings. The normalized spacial score (nSPS) is 25.4. The first-order valence-electron chi connectivity index (χ1n) is 5.00. The number of likely N-dealkylation sites (tertiary alicyclic amines) is 1. The van der Waals surface area contributed by atoms with E-state index in [9.17, 15) is 0 Å². The highest BCUT2D eigenvalue weighted by atomic mass is 15.3. The van der Waals surface area contributed by atoms with Crippen LogP contribution in [0.1, 0.15) is 33.1 Å². The van der Waals surface area contributed by atoms with Crippen LogP contribution >= 0.6 is 0 Å². The van der Waals surface area contributed by atoms with Crippen LogP contribution in [0.4, 0.5) is 0 Å². The molecule has 66 valence electrons. The maximum absolute atomic E-state index is 2.42. The molecule has 0 aromatic heterocycles. The molecule has 0 amide bonds. The van der Waals surface area contributed by atoms with Gasteiger partial charge in [0.15, 0.2) is 0 Å². The van der Waals surface area contributed by atoms with Crippen molar-refractivity contribution in [3.05, 3.63) is 0 Å². The third-order valence-corrected chi connectivity index (χ3v) is 3.10. The predicted octanol–water partition coefficient (Wildman–Crippen LogP) is 2.27. The van der Waals surface area contributed by atoms with E-state index < -0.39 is 0 Å². The van der Waals surface area contributed by atoms with E-state index in [0.717, 1.165) is 5.92 Å². The lowest BCUT2D eigenvalue weighted by Gasteiger charge is -2.31. The van der Waals surface area contributed by atoms with Crippen LogP contribution < -0.4 is 0 Å². The number of hydrogen-bond donors (Lipinski definition) is 0. The molecule has 1 nitrogen and oxygen atoms in total. The minimum Gasteiger partial charge on any atom is -0.326 e. The summed E-state index contributed by atoms with van der Waals surface area (Å²) in [6.07, 6.45) is 4.24. The van der Waals surface area contributed by atoms with Crippen LogP contribution in [-0.4, -0.2) is 31.2 Å². The molecule has 0 N–H and O–H groups in total. The molecule has 0 unspecified atom stereocenters. The summed E-state index contributed by atoms with van der Waals surface area (Å²) in [6, 6.07) is 0. The maximum Gasteiger partial charge on any atom is 0.0810 e. The van der Waals surface area contributed by atoms with Crippen LogP contribution in [-0.2, 0) is 0 Å². The van der Waals surface area contributed by atoms with Crippen molar-refractivity contribution in [2.24, 2.45) is 5.92 Å². The molecule has 1 aliphatic heterocycles. The molecule has 0 aliphatic carbocycles. The van der Waals surface area contributed by atoms with E-state index in [0.29, 0.717) is 0 Å². The Morgan fingerprint density at radius 1 is 1.27 bits per heavy atom. The molecule has 1 heterocycles. The molecule has 0 radical (unpaired) electrons. The van der Waals surface area contributed by atoms with Gasteiger partial charge in [-0.1, -0.05) is 13.8 Å². The van der Waals surface area contributed by atoms with Crippen LogP contribution in [0.5, 0.6) is 0 Å². The summed E-state index contributed by atoms with van der Waals surface area (Å²) >= 11 is 0. The number of nitrogens with zero attached hydrogens (tertiary/aromatic N) is 1. The molecule has 0 aromatic rings. The molecule has 0 spiro atoms. The Balaban J connectivity index is 2.33. The lowest BCUT2D eigenvalue weighted by Crippen LogP contribution is -2.43. The van der Waals surface area contributed by atoms with Gasteiger partial charge in [0.05, 0.1) is 26.7 Å². The predicted molar refractivity (Wildman–Crippen MR) is 49.5 cm³/mol. The lowest BCUT2D eigenvalue weighted by molar-refractivity contribution is -0.900. The summed E-state index contributed by atoms with van der Waals surface area (Å²) in [7, 11) is 2.42. The quantitative estimate of drug-likeness (QED) is 0.550. The zero-order valence-corrected chi connectivity index (χ0v) is 8.27. The third-order valence-electron chi connectivity index (χ3n) is 3.10. The van der Waals surface area contributed by atoms with Crippen molar-refractivity contribution in [3.63, 3.8) is 0 Å². The molecule has 1 rings (SSSR count). The van der Waals surface area contributed by atoms with Gasteiger partial charge >= 0.3 is 0 Å². The van der Waals surface area contributed by atoms with Crippen molar-refractivity contribution < 1.29 is 4.48 Å². The van der Waals surface area contributed by atoms with Gasteiger partial charge in [0, 0.05) is 18.8 Å². The van der Waals surface area contributed by atoms with Crippen molar-refractivity contribution in [1.82, 2.24) is 0 Å². The molecule has 1 atom stereocenters. The fraction of sp³-hybridized carbons (Fsp3) is 1.00. The second-order valence-corrected chi connectivity index (χ2v) is 4.47. The van der Waals surface area contributed by atoms with Gasteiger partial charge < -0.3 is 4.48 Å². The molecule has 0 aromatic carbocycles. The Bertz CT molecular complexity index is 114. The lowest BCUT2D eigenvalue weighted by atomic mass is 10.1. The smallest absolute Gasteiger partial charge is 0.0810 e. The summed E-state index contributed by atoms with van der Waals surface area (Å²) in [5, 5.41) is 0. The topological polar surface area (TPSA) is 0 Å². The Kier molecular flexibility index (Phi) is 2.94. The number of hydrogen-bond acceptors (Lipinski definition) is 0. The van der Waals surface area contributed by atoms with Gasteiger partial charge in [0.25, 0.3) is 0 Å². The monoisotopic (exact) mass is 156 g/mol. The Labute approximate surface area is 71.0 Å². The first-order valence-corrected chi connectivity index (χ1v) is 5.00. The maximum atomic E-state index is 2.42. The second-order valence-electron chi connectivity index (χ2n) is 4.47. The molecule has 1 aliphatic rings. The number of quaternary nitrogens is 1. The van der Waals surface area contributed by atoms with Crippen LogP contribution in [0.3, 0.4) is 0 Å². The highest BCUT2D eigenvalue weighted by molar-refractivity contribution is 4.55. The van der Waals surface area contributed by atoms with Crippen molar-refractivity contribution in [1.29, 1.82) is 0 Å². The van der Waals surface area contributed by atoms with Gasteiger partial charge in [0.1, 0.15) is 0 Å². The largest absolute Gasteiger partial charge is 0.326 e. The minimum atomic E-state index is 0.915. The van der Waals surface area contributed by atoms with Crippen molar-refractivity contribution in [3.8, 4) is 0 Å². The van der Waals surface area contributed by atoms with Crippen LogP contribution in [0, 0.1) is 5.92 Å². The van der Waals surface area contributed by atoms with Gasteiger partial charge in [-0.2, -0.15) is 0 Å². The molecule has 0 bridgehead atoms. The first-order chi connectivity index (χ1) is 5.16. The van der Waals surface area contributed by atoms with Crippen LogP contribution in [0.2, 0.25) is 0 Å². The van der Waals surface area contributed by atoms with E-state index in [1.54, 1.807) is 0 Å². The van der Waals surface area contributed by atoms with E-state index in [1.165, 1.54) is 43.4 Å². The van der Waals surface area contributed by atoms with E-state index in [2.05, 4.69) is 20.9 Å². The molecule has 1 heteroatoms. The zero-order valence-electron chi connectivity index (χ0n) is 8.27. The minimum absolute atomic E-state index is 0.915. The highest BCUT2D eigenvalue weighted by Gasteiger charge is 2.27. The van der Waals surface area contributed by atoms with Crippen molar-refractivity contribution in [2.45, 2.75) is 33.1 Å². The molecular weight excluding hydrogens is 134 g/mol. The number of rotatable bonds is 3. The summed E-state index contributed by atoms with van der Waals surface area (Å²) in [4.78, 5) is 0. The van der Waals surface area contributed by atoms with E-state index in [4.69, 9.17) is 0 Å². The van der Waals surface area contributed by atoms with Gasteiger partial charge in [-0.15, -0.1) is 0 Å². The second kappa shape index (κ2) is 3.57. The van der Waals surface area contributed by atoms with E-state index in [1.807, 2.05) is 0 Å². The third kappa shape index (κ3) is 2.48. The van der Waals surface area contributed by atoms with E-state index in [-0.39, 0.29) is 0 Å². The van der Waals surface area contributed by atoms with Crippen LogP contribution in [0.15, 0.2) is 0 Å². The van der Waals surface area contributed by atoms with Gasteiger partial charge in [0.2, 0.25) is 0 Å². The fourth-order valence-corrected chi connectivity index (χ4v) is 2.16. The average Bonchev–Trinajstić information content (AvgIpc) is 2.36. The van der Waals surface area contributed by atoms with Gasteiger partial charge in [-0.3, -0.25) is 0 Å². The molecule has 1 saturated heterocycles. The van der Waals surface area contributed by atoms with E-state index >= 15 is 0 Å². The SMILES string of the molecule is CC[C@H](C)C[N+]1(C)CCCC1. The Morgan fingerprint density at radius 2 is 1.82 bits per heavy atom. The van der Waals surface area contributed by atoms with Gasteiger partial charge in [-0.25, -0.2) is 0 Å². The molecule has 11 heavy (non-hydrogen) atoms. The molecule has 0 saturated carbocycles. The Morgan fingerprint density at radius 3 is 2.27 bits per heavy atom. The summed E-state index contributed by atoms with van der Waals surface area (Å²) in [6.45, 7) is 8.92. The zero-order chi connectivity index (χ0) is 8.32. The average molecular weight is 156 g/mol. The van der Waals surface area contributed by atoms with Crippen molar-refractivity contribution in [2.75, 3.05) is 26.7 Å². The van der Waals surface area contributed by atoms with Crippen molar-refractivity contribution >= 4 is 0 Å². The van der Waals surface area contributed by atoms with Crippen LogP contribution in [0.25, 0.3) is 0 Å². The highest BCUT2D eigenvalue weighted by Crippen LogP contribution is 2.19.